The van der Waals surface area contributed by atoms with Crippen LogP contribution in [0.3, 0.4) is 0 Å². The Hall–Kier alpha value is -4.03. The molecule has 5 rings (SSSR count). The van der Waals surface area contributed by atoms with Gasteiger partial charge in [-0.05, 0) is 81.1 Å². The fraction of sp³-hybridized carbons (Fsp3) is 0.417. The number of halogens is 2. The van der Waals surface area contributed by atoms with Gasteiger partial charge in [0.25, 0.3) is 5.91 Å². The number of carbonyl (C=O) groups is 3. The van der Waals surface area contributed by atoms with Crippen molar-refractivity contribution >= 4 is 41.2 Å². The Labute approximate surface area is 296 Å². The summed E-state index contributed by atoms with van der Waals surface area (Å²) in [5.74, 6) is -0.139. The maximum absolute atomic E-state index is 14.0. The molecule has 2 heterocycles. The van der Waals surface area contributed by atoms with Crippen LogP contribution in [0.2, 0.25) is 10.0 Å². The van der Waals surface area contributed by atoms with E-state index in [0.717, 1.165) is 24.2 Å². The summed E-state index contributed by atoms with van der Waals surface area (Å²) in [4.78, 5) is 51.0. The number of amides is 2. The van der Waals surface area contributed by atoms with E-state index >= 15 is 0 Å². The number of nitrogens with zero attached hydrogens (tertiary/aromatic N) is 1. The van der Waals surface area contributed by atoms with Crippen LogP contribution in [0.15, 0.2) is 60.7 Å². The third-order valence-corrected chi connectivity index (χ3v) is 10.2. The van der Waals surface area contributed by atoms with Gasteiger partial charge in [-0.25, -0.2) is 4.79 Å². The molecular weight excluding hydrogens is 673 g/mol. The Kier molecular flexibility index (Phi) is 11.9. The third-order valence-electron chi connectivity index (χ3n) is 9.42. The maximum Gasteiger partial charge on any atom is 0.546 e. The lowest BCUT2D eigenvalue weighted by Crippen LogP contribution is -2.51. The second-order valence-corrected chi connectivity index (χ2v) is 13.0. The summed E-state index contributed by atoms with van der Waals surface area (Å²) in [6, 6.07) is 18.4. The number of hydrogen-bond acceptors (Lipinski definition) is 9. The van der Waals surface area contributed by atoms with E-state index in [1.807, 2.05) is 42.5 Å². The summed E-state index contributed by atoms with van der Waals surface area (Å²) < 4.78 is 16.2. The van der Waals surface area contributed by atoms with Crippen molar-refractivity contribution in [3.8, 4) is 17.2 Å². The molecule has 2 aliphatic heterocycles. The monoisotopic (exact) mass is 713 g/mol. The molecule has 2 saturated heterocycles. The van der Waals surface area contributed by atoms with Crippen LogP contribution in [-0.2, 0) is 25.4 Å². The lowest BCUT2D eigenvalue weighted by molar-refractivity contribution is -0.244. The van der Waals surface area contributed by atoms with E-state index in [2.05, 4.69) is 20.4 Å². The van der Waals surface area contributed by atoms with Gasteiger partial charge in [0.1, 0.15) is 0 Å². The number of nitrogens with one attached hydrogen (secondary N) is 2. The highest BCUT2D eigenvalue weighted by Gasteiger charge is 2.44. The van der Waals surface area contributed by atoms with Crippen molar-refractivity contribution in [1.82, 2.24) is 15.5 Å². The van der Waals surface area contributed by atoms with Gasteiger partial charge < -0.3 is 29.7 Å². The minimum atomic E-state index is -1.12. The molecule has 3 aromatic rings. The van der Waals surface area contributed by atoms with E-state index in [0.29, 0.717) is 55.4 Å². The minimum absolute atomic E-state index is 0.00190. The van der Waals surface area contributed by atoms with E-state index in [-0.39, 0.29) is 41.2 Å². The summed E-state index contributed by atoms with van der Waals surface area (Å²) in [5, 5.41) is 7.48. The third kappa shape index (κ3) is 7.91. The zero-order valence-corrected chi connectivity index (χ0v) is 29.3. The van der Waals surface area contributed by atoms with E-state index < -0.39 is 17.0 Å². The molecule has 0 aliphatic carbocycles. The number of hydrogen-bond donors (Lipinski definition) is 2. The van der Waals surface area contributed by atoms with Gasteiger partial charge in [0.15, 0.2) is 11.5 Å². The first-order valence-corrected chi connectivity index (χ1v) is 17.0. The molecule has 2 fully saturated rings. The Morgan fingerprint density at radius 2 is 1.59 bits per heavy atom. The van der Waals surface area contributed by atoms with Crippen LogP contribution in [0.4, 0.5) is 4.79 Å². The SMILES string of the molecule is CCOOC(=O)Oc1c(OC)cc(C(=O)N2CCC(CCNC(=O)C3(c4ccccc4)CCNCC3)(c3ccc(Cl)c(Cl)c3)C2)cc1OC. The fourth-order valence-electron chi connectivity index (χ4n) is 6.79. The molecule has 0 bridgehead atoms. The normalized spacial score (nSPS) is 18.4. The van der Waals surface area contributed by atoms with E-state index in [1.165, 1.54) is 26.4 Å². The minimum Gasteiger partial charge on any atom is -0.493 e. The van der Waals surface area contributed by atoms with Crippen molar-refractivity contribution < 1.29 is 38.4 Å². The molecule has 0 saturated carbocycles. The quantitative estimate of drug-likeness (QED) is 0.0993. The summed E-state index contributed by atoms with van der Waals surface area (Å²) in [5.41, 5.74) is 1.07. The second-order valence-electron chi connectivity index (χ2n) is 12.1. The van der Waals surface area contributed by atoms with Gasteiger partial charge in [-0.1, -0.05) is 59.6 Å². The van der Waals surface area contributed by atoms with E-state index in [9.17, 15) is 14.4 Å². The molecule has 262 valence electrons. The molecule has 13 heteroatoms. The molecule has 1 atom stereocenters. The van der Waals surface area contributed by atoms with Gasteiger partial charge in [-0.3, -0.25) is 14.5 Å². The summed E-state index contributed by atoms with van der Waals surface area (Å²) >= 11 is 12.8. The molecule has 0 spiro atoms. The molecular formula is C36H41Cl2N3O8. The number of rotatable bonds is 12. The van der Waals surface area contributed by atoms with Crippen molar-refractivity contribution in [1.29, 1.82) is 0 Å². The zero-order valence-electron chi connectivity index (χ0n) is 27.8. The molecule has 11 nitrogen and oxygen atoms in total. The lowest BCUT2D eigenvalue weighted by atomic mass is 9.72. The summed E-state index contributed by atoms with van der Waals surface area (Å²) in [6.45, 7) is 4.49. The van der Waals surface area contributed by atoms with E-state index in [1.54, 1.807) is 17.9 Å². The van der Waals surface area contributed by atoms with Crippen molar-refractivity contribution in [2.45, 2.75) is 43.4 Å². The predicted molar refractivity (Wildman–Crippen MR) is 185 cm³/mol. The Morgan fingerprint density at radius 3 is 2.22 bits per heavy atom. The summed E-state index contributed by atoms with van der Waals surface area (Å²) in [6.07, 6.45) is 1.47. The van der Waals surface area contributed by atoms with Crippen molar-refractivity contribution in [3.05, 3.63) is 87.4 Å². The number of carbonyl (C=O) groups excluding carboxylic acids is 3. The Balaban J connectivity index is 1.37. The van der Waals surface area contributed by atoms with Crippen LogP contribution >= 0.6 is 23.2 Å². The molecule has 3 aromatic carbocycles. The van der Waals surface area contributed by atoms with Crippen LogP contribution < -0.4 is 24.8 Å². The number of ether oxygens (including phenoxy) is 3. The van der Waals surface area contributed by atoms with Gasteiger partial charge in [0.05, 0.1) is 36.3 Å². The number of methoxy groups -OCH3 is 2. The first kappa shape index (κ1) is 36.3. The van der Waals surface area contributed by atoms with Crippen LogP contribution in [-0.4, -0.2) is 76.4 Å². The highest BCUT2D eigenvalue weighted by Crippen LogP contribution is 2.43. The Bertz CT molecular complexity index is 1630. The topological polar surface area (TPSA) is 125 Å². The molecule has 2 N–H and O–H groups in total. The molecule has 2 amide bonds. The van der Waals surface area contributed by atoms with Gasteiger partial charge >= 0.3 is 6.16 Å². The maximum atomic E-state index is 14.0. The first-order chi connectivity index (χ1) is 23.7. The van der Waals surface area contributed by atoms with Gasteiger partial charge in [0, 0.05) is 30.6 Å². The largest absolute Gasteiger partial charge is 0.546 e. The van der Waals surface area contributed by atoms with Crippen LogP contribution in [0.5, 0.6) is 17.2 Å². The molecule has 2 aliphatic rings. The molecule has 0 aromatic heterocycles. The van der Waals surface area contributed by atoms with Crippen molar-refractivity contribution in [2.24, 2.45) is 0 Å². The van der Waals surface area contributed by atoms with Crippen LogP contribution in [0.25, 0.3) is 0 Å². The average Bonchev–Trinajstić information content (AvgIpc) is 3.57. The summed E-state index contributed by atoms with van der Waals surface area (Å²) in [7, 11) is 2.77. The van der Waals surface area contributed by atoms with Crippen LogP contribution in [0.1, 0.15) is 54.1 Å². The number of likely N-dealkylation sites (tertiary alicyclic amines) is 1. The van der Waals surface area contributed by atoms with Crippen LogP contribution in [0, 0.1) is 0 Å². The van der Waals surface area contributed by atoms with E-state index in [4.69, 9.17) is 37.4 Å². The first-order valence-electron chi connectivity index (χ1n) is 16.2. The second kappa shape index (κ2) is 16.1. The van der Waals surface area contributed by atoms with Crippen molar-refractivity contribution in [2.75, 3.05) is 53.6 Å². The van der Waals surface area contributed by atoms with Gasteiger partial charge in [0.2, 0.25) is 11.7 Å². The smallest absolute Gasteiger partial charge is 0.493 e. The number of benzene rings is 3. The fourth-order valence-corrected chi connectivity index (χ4v) is 7.09. The highest BCUT2D eigenvalue weighted by molar-refractivity contribution is 6.42. The molecule has 1 unspecified atom stereocenters. The zero-order chi connectivity index (χ0) is 35.0. The predicted octanol–water partition coefficient (Wildman–Crippen LogP) is 6.09. The van der Waals surface area contributed by atoms with Crippen molar-refractivity contribution in [3.63, 3.8) is 0 Å². The highest BCUT2D eigenvalue weighted by atomic mass is 35.5. The van der Waals surface area contributed by atoms with Gasteiger partial charge in [-0.2, -0.15) is 4.89 Å². The molecule has 0 radical (unpaired) electrons. The Morgan fingerprint density at radius 1 is 0.898 bits per heavy atom. The van der Waals surface area contributed by atoms with Gasteiger partial charge in [-0.15, -0.1) is 0 Å². The lowest BCUT2D eigenvalue weighted by Gasteiger charge is -2.37. The standard InChI is InChI=1S/C36H41Cl2N3O8/c1-4-47-49-34(44)48-31-29(45-2)20-24(21-30(31)46-3)32(42)41-19-15-35(23-41,26-10-11-27(37)28(38)22-26)12-18-40-33(43)36(13-16-39-17-14-36)25-8-6-5-7-9-25/h5-11,20-22,39H,4,12-19,23H2,1-3H3,(H,40,43). The number of piperidine rings is 1. The molecule has 49 heavy (non-hydrogen) atoms. The average molecular weight is 715 g/mol.